The highest BCUT2D eigenvalue weighted by Gasteiger charge is 2.63. The van der Waals surface area contributed by atoms with E-state index in [1.54, 1.807) is 0 Å². The Morgan fingerprint density at radius 3 is 2.45 bits per heavy atom. The fourth-order valence-electron chi connectivity index (χ4n) is 5.78. The molecule has 1 N–H and O–H groups in total. The smallest absolute Gasteiger partial charge is 0.192 e. The average molecular weight is 325 g/mol. The summed E-state index contributed by atoms with van der Waals surface area (Å²) in [5, 5.41) is 10.8. The van der Waals surface area contributed by atoms with E-state index in [0.717, 1.165) is 17.8 Å². The molecule has 6 atom stereocenters. The molecule has 0 saturated heterocycles. The number of hydrogen-bond acceptors (Lipinski definition) is 2. The molecule has 2 nitrogen and oxygen atoms in total. The number of rotatable bonds is 4. The van der Waals surface area contributed by atoms with Crippen molar-refractivity contribution >= 4 is 8.32 Å². The lowest BCUT2D eigenvalue weighted by Crippen LogP contribution is -2.54. The standard InChI is InChI=1S/C19H36O2Si/c1-13(20)17(21-22(5,6)18(2,3)4)19-11-10-14(12-19)15-8-7-9-16(15)19/h13-17,20H,7-12H2,1-6H3. The summed E-state index contributed by atoms with van der Waals surface area (Å²) in [5.74, 6) is 2.70. The molecular weight excluding hydrogens is 288 g/mol. The van der Waals surface area contributed by atoms with E-state index in [-0.39, 0.29) is 22.7 Å². The Morgan fingerprint density at radius 1 is 1.18 bits per heavy atom. The molecule has 3 saturated carbocycles. The van der Waals surface area contributed by atoms with Crippen molar-refractivity contribution in [3.8, 4) is 0 Å². The van der Waals surface area contributed by atoms with Gasteiger partial charge in [0.1, 0.15) is 0 Å². The number of aliphatic hydroxyl groups excluding tert-OH is 1. The van der Waals surface area contributed by atoms with E-state index in [9.17, 15) is 5.11 Å². The van der Waals surface area contributed by atoms with Crippen molar-refractivity contribution in [2.24, 2.45) is 23.2 Å². The summed E-state index contributed by atoms with van der Waals surface area (Å²) >= 11 is 0. The molecule has 3 rings (SSSR count). The third kappa shape index (κ3) is 2.43. The zero-order valence-electron chi connectivity index (χ0n) is 15.5. The molecule has 0 aromatic rings. The van der Waals surface area contributed by atoms with Crippen molar-refractivity contribution < 1.29 is 9.53 Å². The van der Waals surface area contributed by atoms with Gasteiger partial charge in [0.15, 0.2) is 8.32 Å². The van der Waals surface area contributed by atoms with Crippen LogP contribution >= 0.6 is 0 Å². The quantitative estimate of drug-likeness (QED) is 0.739. The minimum atomic E-state index is -1.85. The highest BCUT2D eigenvalue weighted by molar-refractivity contribution is 6.74. The van der Waals surface area contributed by atoms with Crippen LogP contribution in [0.4, 0.5) is 0 Å². The Hall–Kier alpha value is 0.137. The van der Waals surface area contributed by atoms with Crippen LogP contribution in [-0.4, -0.2) is 25.6 Å². The van der Waals surface area contributed by atoms with Crippen LogP contribution in [0.15, 0.2) is 0 Å². The largest absolute Gasteiger partial charge is 0.411 e. The first kappa shape index (κ1) is 17.0. The minimum Gasteiger partial charge on any atom is -0.411 e. The van der Waals surface area contributed by atoms with Gasteiger partial charge in [-0.1, -0.05) is 27.2 Å². The molecule has 0 heterocycles. The normalized spacial score (nSPS) is 40.8. The van der Waals surface area contributed by atoms with E-state index in [1.807, 2.05) is 6.92 Å². The van der Waals surface area contributed by atoms with Crippen LogP contribution in [0.5, 0.6) is 0 Å². The van der Waals surface area contributed by atoms with Crippen molar-refractivity contribution in [1.82, 2.24) is 0 Å². The summed E-state index contributed by atoms with van der Waals surface area (Å²) in [7, 11) is -1.85. The van der Waals surface area contributed by atoms with Gasteiger partial charge in [-0.2, -0.15) is 0 Å². The Bertz CT molecular complexity index is 426. The topological polar surface area (TPSA) is 29.5 Å². The number of fused-ring (bicyclic) bond motifs is 5. The third-order valence-corrected chi connectivity index (χ3v) is 12.2. The predicted octanol–water partition coefficient (Wildman–Crippen LogP) is 4.97. The van der Waals surface area contributed by atoms with Gasteiger partial charge in [-0.3, -0.25) is 0 Å². The molecule has 0 aromatic heterocycles. The van der Waals surface area contributed by atoms with Gasteiger partial charge in [0.05, 0.1) is 12.2 Å². The van der Waals surface area contributed by atoms with E-state index in [0.29, 0.717) is 0 Å². The summed E-state index contributed by atoms with van der Waals surface area (Å²) in [5.41, 5.74) is 0.287. The van der Waals surface area contributed by atoms with Gasteiger partial charge in [-0.05, 0) is 74.9 Å². The van der Waals surface area contributed by atoms with Gasteiger partial charge < -0.3 is 9.53 Å². The fraction of sp³-hybridized carbons (Fsp3) is 1.00. The van der Waals surface area contributed by atoms with E-state index in [4.69, 9.17) is 4.43 Å². The van der Waals surface area contributed by atoms with E-state index in [2.05, 4.69) is 33.9 Å². The van der Waals surface area contributed by atoms with Crippen molar-refractivity contribution in [3.63, 3.8) is 0 Å². The summed E-state index contributed by atoms with van der Waals surface area (Å²) in [6, 6.07) is 0. The molecule has 0 radical (unpaired) electrons. The Balaban J connectivity index is 1.89. The van der Waals surface area contributed by atoms with Gasteiger partial charge >= 0.3 is 0 Å². The molecular formula is C19H36O2Si. The summed E-state index contributed by atoms with van der Waals surface area (Å²) in [4.78, 5) is 0. The molecule has 3 heteroatoms. The molecule has 6 unspecified atom stereocenters. The average Bonchev–Trinajstić information content (AvgIpc) is 3.06. The lowest BCUT2D eigenvalue weighted by Gasteiger charge is -2.49. The second-order valence-electron chi connectivity index (χ2n) is 9.98. The SMILES string of the molecule is CC(O)C(O[Si](C)(C)C(C)(C)C)C12CCC(C1)C1CCCC12. The third-order valence-electron chi connectivity index (χ3n) is 7.77. The Morgan fingerprint density at radius 2 is 1.86 bits per heavy atom. The Kier molecular flexibility index (Phi) is 4.11. The molecule has 0 spiro atoms. The zero-order valence-corrected chi connectivity index (χ0v) is 16.5. The molecule has 0 aromatic carbocycles. The first-order valence-electron chi connectivity index (χ1n) is 9.44. The minimum absolute atomic E-state index is 0.0616. The van der Waals surface area contributed by atoms with Gasteiger partial charge in [0.25, 0.3) is 0 Å². The van der Waals surface area contributed by atoms with Gasteiger partial charge in [-0.25, -0.2) is 0 Å². The van der Waals surface area contributed by atoms with Gasteiger partial charge in [0.2, 0.25) is 0 Å². The van der Waals surface area contributed by atoms with Crippen molar-refractivity contribution in [2.45, 2.75) is 96.6 Å². The van der Waals surface area contributed by atoms with Crippen LogP contribution in [0.1, 0.15) is 66.2 Å². The predicted molar refractivity (Wildman–Crippen MR) is 94.4 cm³/mol. The second-order valence-corrected chi connectivity index (χ2v) is 14.7. The summed E-state index contributed by atoms with van der Waals surface area (Å²) < 4.78 is 6.87. The zero-order chi connectivity index (χ0) is 16.3. The maximum absolute atomic E-state index is 10.6. The maximum Gasteiger partial charge on any atom is 0.192 e. The van der Waals surface area contributed by atoms with Crippen LogP contribution in [0.2, 0.25) is 18.1 Å². The molecule has 2 bridgehead atoms. The molecule has 22 heavy (non-hydrogen) atoms. The van der Waals surface area contributed by atoms with Crippen LogP contribution in [0, 0.1) is 23.2 Å². The highest BCUT2D eigenvalue weighted by Crippen LogP contribution is 2.68. The molecule has 3 aliphatic carbocycles. The van der Waals surface area contributed by atoms with Crippen molar-refractivity contribution in [1.29, 1.82) is 0 Å². The second kappa shape index (κ2) is 5.32. The molecule has 0 aliphatic heterocycles. The lowest BCUT2D eigenvalue weighted by atomic mass is 9.67. The first-order chi connectivity index (χ1) is 10.1. The van der Waals surface area contributed by atoms with Crippen molar-refractivity contribution in [2.75, 3.05) is 0 Å². The number of hydrogen-bond donors (Lipinski definition) is 1. The Labute approximate surface area is 138 Å². The molecule has 128 valence electrons. The molecule has 0 amide bonds. The van der Waals surface area contributed by atoms with E-state index < -0.39 is 8.32 Å². The summed E-state index contributed by atoms with van der Waals surface area (Å²) in [6.45, 7) is 13.6. The van der Waals surface area contributed by atoms with Crippen LogP contribution in [0.25, 0.3) is 0 Å². The first-order valence-corrected chi connectivity index (χ1v) is 12.4. The number of aliphatic hydroxyl groups is 1. The lowest BCUT2D eigenvalue weighted by molar-refractivity contribution is -0.0712. The highest BCUT2D eigenvalue weighted by atomic mass is 28.4. The fourth-order valence-corrected chi connectivity index (χ4v) is 7.20. The van der Waals surface area contributed by atoms with Crippen LogP contribution in [0.3, 0.4) is 0 Å². The van der Waals surface area contributed by atoms with Crippen molar-refractivity contribution in [3.05, 3.63) is 0 Å². The molecule has 3 aliphatic rings. The van der Waals surface area contributed by atoms with Gasteiger partial charge in [-0.15, -0.1) is 0 Å². The van der Waals surface area contributed by atoms with Gasteiger partial charge in [0, 0.05) is 5.41 Å². The van der Waals surface area contributed by atoms with Crippen LogP contribution < -0.4 is 0 Å². The van der Waals surface area contributed by atoms with Crippen LogP contribution in [-0.2, 0) is 4.43 Å². The van der Waals surface area contributed by atoms with E-state index >= 15 is 0 Å². The molecule has 3 fully saturated rings. The van der Waals surface area contributed by atoms with E-state index in [1.165, 1.54) is 38.5 Å². The monoisotopic (exact) mass is 324 g/mol. The maximum atomic E-state index is 10.6. The summed E-state index contributed by atoms with van der Waals surface area (Å²) in [6.07, 6.45) is 7.94.